The van der Waals surface area contributed by atoms with Crippen LogP contribution in [0.25, 0.3) is 0 Å². The van der Waals surface area contributed by atoms with Gasteiger partial charge < -0.3 is 19.9 Å². The van der Waals surface area contributed by atoms with E-state index in [1.807, 2.05) is 24.3 Å². The molecular weight excluding hydrogens is 771 g/mol. The van der Waals surface area contributed by atoms with E-state index >= 15 is 0 Å². The smallest absolute Gasteiger partial charge is 0.462 e. The number of hydrogen-bond acceptors (Lipinski definition) is 8. The van der Waals surface area contributed by atoms with Gasteiger partial charge in [-0.15, -0.1) is 0 Å². The molecule has 0 amide bonds. The summed E-state index contributed by atoms with van der Waals surface area (Å²) < 4.78 is 48.4. The molecule has 5 aliphatic carbocycles. The van der Waals surface area contributed by atoms with Gasteiger partial charge in [-0.1, -0.05) is 77.8 Å². The van der Waals surface area contributed by atoms with Crippen LogP contribution in [0.3, 0.4) is 0 Å². The number of aliphatic hydroxyl groups excluding tert-OH is 1. The average Bonchev–Trinajstić information content (AvgIpc) is 3.43. The maximum Gasteiger partial charge on any atom is 0.491 e. The molecule has 5 aliphatic rings. The van der Waals surface area contributed by atoms with Gasteiger partial charge in [-0.3, -0.25) is 14.4 Å². The number of carbonyl (C=O) groups is 4. The molecule has 58 heavy (non-hydrogen) atoms. The molecule has 12 heteroatoms. The van der Waals surface area contributed by atoms with E-state index in [9.17, 15) is 37.5 Å². The van der Waals surface area contributed by atoms with Gasteiger partial charge in [0.25, 0.3) is 0 Å². The van der Waals surface area contributed by atoms with Crippen molar-refractivity contribution in [2.45, 2.75) is 151 Å². The molecule has 0 heterocycles. The van der Waals surface area contributed by atoms with Crippen LogP contribution < -0.4 is 5.32 Å². The predicted molar refractivity (Wildman–Crippen MR) is 214 cm³/mol. The van der Waals surface area contributed by atoms with Crippen LogP contribution in [0.4, 0.5) is 13.2 Å². The summed E-state index contributed by atoms with van der Waals surface area (Å²) in [6, 6.07) is 7.67. The molecule has 6 rings (SSSR count). The molecule has 0 aliphatic heterocycles. The van der Waals surface area contributed by atoms with Gasteiger partial charge in [0.2, 0.25) is 0 Å². The summed E-state index contributed by atoms with van der Waals surface area (Å²) >= 11 is 6.10. The van der Waals surface area contributed by atoms with E-state index in [2.05, 4.69) is 58.5 Å². The van der Waals surface area contributed by atoms with Crippen molar-refractivity contribution in [1.29, 1.82) is 0 Å². The van der Waals surface area contributed by atoms with Gasteiger partial charge in [-0.05, 0) is 128 Å². The van der Waals surface area contributed by atoms with Crippen molar-refractivity contribution in [3.63, 3.8) is 0 Å². The first-order chi connectivity index (χ1) is 26.7. The number of halogens is 4. The highest BCUT2D eigenvalue weighted by molar-refractivity contribution is 6.30. The lowest BCUT2D eigenvalue weighted by molar-refractivity contribution is -0.235. The van der Waals surface area contributed by atoms with Crippen LogP contribution in [0.2, 0.25) is 5.02 Å². The Labute approximate surface area is 346 Å². The van der Waals surface area contributed by atoms with Crippen molar-refractivity contribution >= 4 is 35.3 Å². The summed E-state index contributed by atoms with van der Waals surface area (Å²) in [6.07, 6.45) is 0.217. The summed E-state index contributed by atoms with van der Waals surface area (Å²) in [6.45, 7) is 19.4. The molecule has 0 saturated heterocycles. The number of Topliss-reactive ketones (excluding diaryl/α,β-unsaturated/α-hetero) is 1. The lowest BCUT2D eigenvalue weighted by Gasteiger charge is -2.72. The summed E-state index contributed by atoms with van der Waals surface area (Å²) in [5, 5.41) is 16.3. The minimum absolute atomic E-state index is 0.0519. The highest BCUT2D eigenvalue weighted by Crippen LogP contribution is 2.77. The second-order valence-electron chi connectivity index (χ2n) is 20.7. The van der Waals surface area contributed by atoms with Crippen LogP contribution in [0.1, 0.15) is 132 Å². The number of alkyl halides is 3. The van der Waals surface area contributed by atoms with Crippen LogP contribution in [-0.4, -0.2) is 53.7 Å². The molecule has 0 spiro atoms. The summed E-state index contributed by atoms with van der Waals surface area (Å²) in [5.41, 5.74) is 0.257. The van der Waals surface area contributed by atoms with Gasteiger partial charge >= 0.3 is 24.1 Å². The Morgan fingerprint density at radius 2 is 1.55 bits per heavy atom. The van der Waals surface area contributed by atoms with Crippen LogP contribution in [-0.2, 0) is 35.2 Å². The number of benzene rings is 1. The maximum absolute atomic E-state index is 14.1. The highest BCUT2D eigenvalue weighted by Gasteiger charge is 2.71. The third-order valence-corrected chi connectivity index (χ3v) is 16.7. The van der Waals surface area contributed by atoms with E-state index in [1.165, 1.54) is 19.4 Å². The normalized spacial score (nSPS) is 35.1. The number of ketones is 1. The molecule has 4 fully saturated rings. The van der Waals surface area contributed by atoms with E-state index in [0.717, 1.165) is 56.1 Å². The van der Waals surface area contributed by atoms with E-state index < -0.39 is 59.0 Å². The number of carbonyl (C=O) groups excluding carboxylic acids is 4. The first-order valence-corrected chi connectivity index (χ1v) is 21.6. The highest BCUT2D eigenvalue weighted by atomic mass is 35.5. The van der Waals surface area contributed by atoms with Crippen molar-refractivity contribution in [2.24, 2.45) is 56.2 Å². The summed E-state index contributed by atoms with van der Waals surface area (Å²) in [4.78, 5) is 51.2. The lowest BCUT2D eigenvalue weighted by atomic mass is 9.33. The molecule has 0 aromatic heterocycles. The van der Waals surface area contributed by atoms with E-state index in [0.29, 0.717) is 36.9 Å². The fraction of sp³-hybridized carbons (Fsp3) is 0.739. The van der Waals surface area contributed by atoms with Crippen LogP contribution in [0.15, 0.2) is 35.4 Å². The Kier molecular flexibility index (Phi) is 11.8. The Bertz CT molecular complexity index is 1840. The molecule has 8 nitrogen and oxygen atoms in total. The van der Waals surface area contributed by atoms with Gasteiger partial charge in [-0.25, -0.2) is 4.79 Å². The van der Waals surface area contributed by atoms with Crippen LogP contribution >= 0.6 is 11.6 Å². The van der Waals surface area contributed by atoms with E-state index in [4.69, 9.17) is 16.3 Å². The number of aliphatic hydroxyl groups is 1. The standard InChI is InChI=1S/C46H63ClF3NO7/c1-26(2)36-30(52)22-45(33(53)25-51-24-27-10-12-28(47)13-11-27)21-20-43(8)29(37(36)45)14-15-32-42(7)18-17-34(41(5,6)31(42)16-19-44(32,43)9)57-35(54)23-40(3,4)38(55)58-39(56)46(48,49)50/h10-13,26,29,31-34,51,53H,14-25H2,1-9H3/t29-,31+,32-,33+,34+,42+,43-,44-,45+/m1/s1. The molecule has 1 aromatic carbocycles. The minimum atomic E-state index is -5.33. The Morgan fingerprint density at radius 3 is 2.17 bits per heavy atom. The fourth-order valence-electron chi connectivity index (χ4n) is 13.3. The molecule has 322 valence electrons. The first-order valence-electron chi connectivity index (χ1n) is 21.2. The molecule has 9 atom stereocenters. The molecule has 0 radical (unpaired) electrons. The zero-order valence-electron chi connectivity index (χ0n) is 35.7. The van der Waals surface area contributed by atoms with Crippen molar-refractivity contribution in [1.82, 2.24) is 5.32 Å². The van der Waals surface area contributed by atoms with Crippen molar-refractivity contribution in [2.75, 3.05) is 6.54 Å². The van der Waals surface area contributed by atoms with E-state index in [1.54, 1.807) is 0 Å². The zero-order valence-corrected chi connectivity index (χ0v) is 36.4. The van der Waals surface area contributed by atoms with Crippen LogP contribution in [0.5, 0.6) is 0 Å². The molecule has 2 N–H and O–H groups in total. The predicted octanol–water partition coefficient (Wildman–Crippen LogP) is 9.73. The number of ether oxygens (including phenoxy) is 2. The minimum Gasteiger partial charge on any atom is -0.462 e. The second kappa shape index (κ2) is 15.3. The van der Waals surface area contributed by atoms with E-state index in [-0.39, 0.29) is 39.8 Å². The van der Waals surface area contributed by atoms with Gasteiger partial charge in [0.15, 0.2) is 5.78 Å². The first kappa shape index (κ1) is 44.8. The van der Waals surface area contributed by atoms with Gasteiger partial charge in [-0.2, -0.15) is 13.2 Å². The average molecular weight is 834 g/mol. The lowest BCUT2D eigenvalue weighted by Crippen LogP contribution is -2.66. The van der Waals surface area contributed by atoms with Crippen LogP contribution in [0, 0.1) is 56.2 Å². The van der Waals surface area contributed by atoms with Gasteiger partial charge in [0.05, 0.1) is 17.9 Å². The third kappa shape index (κ3) is 7.39. The number of fused-ring (bicyclic) bond motifs is 7. The molecule has 0 unspecified atom stereocenters. The zero-order chi connectivity index (χ0) is 43.0. The Balaban J connectivity index is 1.20. The number of esters is 3. The fourth-order valence-corrected chi connectivity index (χ4v) is 13.5. The maximum atomic E-state index is 14.1. The number of hydrogen-bond donors (Lipinski definition) is 2. The topological polar surface area (TPSA) is 119 Å². The van der Waals surface area contributed by atoms with Crippen molar-refractivity contribution in [3.8, 4) is 0 Å². The molecule has 4 saturated carbocycles. The molecule has 0 bridgehead atoms. The monoisotopic (exact) mass is 833 g/mol. The van der Waals surface area contributed by atoms with Gasteiger partial charge in [0, 0.05) is 35.4 Å². The van der Waals surface area contributed by atoms with Crippen molar-refractivity contribution in [3.05, 3.63) is 46.0 Å². The number of rotatable bonds is 10. The Morgan fingerprint density at radius 1 is 0.897 bits per heavy atom. The molecular formula is C46H63ClF3NO7. The summed E-state index contributed by atoms with van der Waals surface area (Å²) in [5.74, 6) is -3.78. The summed E-state index contributed by atoms with van der Waals surface area (Å²) in [7, 11) is 0. The quantitative estimate of drug-likeness (QED) is 0.177. The number of allylic oxidation sites excluding steroid dienone is 1. The van der Waals surface area contributed by atoms with Crippen molar-refractivity contribution < 1.29 is 46.9 Å². The SMILES string of the molecule is CC(C)C1=C2[C@H]3CC[C@@H]4[C@@]5(C)CC[C@H](OC(=O)CC(C)(C)C(=O)OC(=O)C(F)(F)F)C(C)(C)[C@@H]5CC[C@@]4(C)[C@]3(C)CC[C@@]2([C@@H](O)CNCc2ccc(Cl)cc2)CC1=O. The second-order valence-corrected chi connectivity index (χ2v) is 21.1. The molecule has 1 aromatic rings. The number of nitrogens with one attached hydrogen (secondary N) is 1. The largest absolute Gasteiger partial charge is 0.491 e. The van der Waals surface area contributed by atoms with Gasteiger partial charge in [0.1, 0.15) is 6.10 Å². The third-order valence-electron chi connectivity index (χ3n) is 16.5. The Hall–Kier alpha value is -2.76.